The topological polar surface area (TPSA) is 96.2 Å². The summed E-state index contributed by atoms with van der Waals surface area (Å²) in [6, 6.07) is 7.36. The van der Waals surface area contributed by atoms with Gasteiger partial charge in [-0.05, 0) is 50.3 Å². The molecule has 1 aromatic carbocycles. The van der Waals surface area contributed by atoms with Gasteiger partial charge in [-0.25, -0.2) is 5.43 Å². The lowest BCUT2D eigenvalue weighted by Crippen LogP contribution is -2.21. The van der Waals surface area contributed by atoms with Crippen molar-refractivity contribution in [1.82, 2.24) is 15.6 Å². The standard InChI is InChI=1S/C16H19N5O/c1-10(11-6-8-12(17)9-7-11)18-21-16(22)15-13-4-2-3-5-14(13)19-20-15/h6-9H,2-5,17H2,1H3,(H,19,20)(H,21,22)/b18-10-. The minimum absolute atomic E-state index is 0.269. The maximum Gasteiger partial charge on any atom is 0.292 e. The lowest BCUT2D eigenvalue weighted by Gasteiger charge is -2.10. The van der Waals surface area contributed by atoms with E-state index in [1.807, 2.05) is 19.1 Å². The number of nitrogens with zero attached hydrogens (tertiary/aromatic N) is 2. The largest absolute Gasteiger partial charge is 0.399 e. The monoisotopic (exact) mass is 297 g/mol. The van der Waals surface area contributed by atoms with Crippen LogP contribution in [0.3, 0.4) is 0 Å². The summed E-state index contributed by atoms with van der Waals surface area (Å²) in [4.78, 5) is 12.2. The van der Waals surface area contributed by atoms with E-state index in [2.05, 4.69) is 20.7 Å². The Labute approximate surface area is 128 Å². The van der Waals surface area contributed by atoms with Gasteiger partial charge >= 0.3 is 0 Å². The van der Waals surface area contributed by atoms with Gasteiger partial charge in [0.15, 0.2) is 5.69 Å². The molecule has 6 nitrogen and oxygen atoms in total. The average molecular weight is 297 g/mol. The zero-order valence-electron chi connectivity index (χ0n) is 12.5. The van der Waals surface area contributed by atoms with Gasteiger partial charge in [0.1, 0.15) is 0 Å². The minimum Gasteiger partial charge on any atom is -0.399 e. The van der Waals surface area contributed by atoms with Gasteiger partial charge in [0.25, 0.3) is 5.91 Å². The summed E-state index contributed by atoms with van der Waals surface area (Å²) in [7, 11) is 0. The molecule has 0 spiro atoms. The van der Waals surface area contributed by atoms with Crippen molar-refractivity contribution in [1.29, 1.82) is 0 Å². The molecule has 0 radical (unpaired) electrons. The first-order valence-electron chi connectivity index (χ1n) is 7.42. The number of nitrogens with two attached hydrogens (primary N) is 1. The fourth-order valence-electron chi connectivity index (χ4n) is 2.65. The number of amides is 1. The summed E-state index contributed by atoms with van der Waals surface area (Å²) in [6.45, 7) is 1.84. The number of carbonyl (C=O) groups excluding carboxylic acids is 1. The molecule has 3 rings (SSSR count). The van der Waals surface area contributed by atoms with Gasteiger partial charge in [-0.2, -0.15) is 10.2 Å². The number of hydrogen-bond acceptors (Lipinski definition) is 4. The third kappa shape index (κ3) is 2.86. The zero-order valence-corrected chi connectivity index (χ0v) is 12.5. The van der Waals surface area contributed by atoms with Gasteiger partial charge in [0.2, 0.25) is 0 Å². The molecular formula is C16H19N5O. The molecule has 22 heavy (non-hydrogen) atoms. The Kier molecular flexibility index (Phi) is 3.91. The Hall–Kier alpha value is -2.63. The molecule has 1 amide bonds. The van der Waals surface area contributed by atoms with E-state index in [1.54, 1.807) is 12.1 Å². The summed E-state index contributed by atoms with van der Waals surface area (Å²) in [5.41, 5.74) is 13.1. The molecule has 1 aliphatic rings. The molecule has 0 atom stereocenters. The summed E-state index contributed by atoms with van der Waals surface area (Å²) in [6.07, 6.45) is 4.10. The molecule has 0 bridgehead atoms. The van der Waals surface area contributed by atoms with Crippen molar-refractivity contribution in [2.75, 3.05) is 5.73 Å². The number of fused-ring (bicyclic) bond motifs is 1. The maximum atomic E-state index is 12.2. The van der Waals surface area contributed by atoms with Crippen molar-refractivity contribution >= 4 is 17.3 Å². The van der Waals surface area contributed by atoms with Crippen LogP contribution in [-0.2, 0) is 12.8 Å². The number of hydrazone groups is 1. The predicted octanol–water partition coefficient (Wildman–Crippen LogP) is 2.02. The number of aromatic nitrogens is 2. The van der Waals surface area contributed by atoms with E-state index in [-0.39, 0.29) is 5.91 Å². The van der Waals surface area contributed by atoms with E-state index >= 15 is 0 Å². The van der Waals surface area contributed by atoms with Crippen LogP contribution in [0.1, 0.15) is 47.1 Å². The lowest BCUT2D eigenvalue weighted by molar-refractivity contribution is 0.0949. The van der Waals surface area contributed by atoms with E-state index in [4.69, 9.17) is 5.73 Å². The van der Waals surface area contributed by atoms with Gasteiger partial charge < -0.3 is 5.73 Å². The third-order valence-corrected chi connectivity index (χ3v) is 3.93. The Morgan fingerprint density at radius 3 is 2.77 bits per heavy atom. The minimum atomic E-state index is -0.269. The molecule has 4 N–H and O–H groups in total. The molecule has 1 aliphatic carbocycles. The number of nitrogens with one attached hydrogen (secondary N) is 2. The van der Waals surface area contributed by atoms with Crippen LogP contribution < -0.4 is 11.2 Å². The highest BCUT2D eigenvalue weighted by Crippen LogP contribution is 2.21. The summed E-state index contributed by atoms with van der Waals surface area (Å²) >= 11 is 0. The van der Waals surface area contributed by atoms with E-state index < -0.39 is 0 Å². The first-order valence-corrected chi connectivity index (χ1v) is 7.42. The SMILES string of the molecule is C/C(=N/NC(=O)c1n[nH]c2c1CCCC2)c1ccc(N)cc1. The molecular weight excluding hydrogens is 278 g/mol. The van der Waals surface area contributed by atoms with Crippen molar-refractivity contribution in [3.05, 3.63) is 46.8 Å². The van der Waals surface area contributed by atoms with Crippen molar-refractivity contribution in [3.63, 3.8) is 0 Å². The van der Waals surface area contributed by atoms with Crippen molar-refractivity contribution in [2.24, 2.45) is 5.10 Å². The molecule has 114 valence electrons. The van der Waals surface area contributed by atoms with E-state index in [0.717, 1.165) is 48.2 Å². The Bertz CT molecular complexity index is 715. The normalized spacial score (nSPS) is 14.5. The average Bonchev–Trinajstić information content (AvgIpc) is 2.97. The van der Waals surface area contributed by atoms with Crippen LogP contribution >= 0.6 is 0 Å². The molecule has 6 heteroatoms. The van der Waals surface area contributed by atoms with Crippen LogP contribution in [0.2, 0.25) is 0 Å². The summed E-state index contributed by atoms with van der Waals surface area (Å²) in [5.74, 6) is -0.269. The van der Waals surface area contributed by atoms with Crippen LogP contribution in [0.4, 0.5) is 5.69 Å². The zero-order chi connectivity index (χ0) is 15.5. The van der Waals surface area contributed by atoms with Crippen molar-refractivity contribution in [2.45, 2.75) is 32.6 Å². The summed E-state index contributed by atoms with van der Waals surface area (Å²) < 4.78 is 0. The van der Waals surface area contributed by atoms with Crippen LogP contribution in [0.15, 0.2) is 29.4 Å². The van der Waals surface area contributed by atoms with Crippen LogP contribution in [0, 0.1) is 0 Å². The molecule has 0 aliphatic heterocycles. The van der Waals surface area contributed by atoms with E-state index in [0.29, 0.717) is 11.4 Å². The van der Waals surface area contributed by atoms with Gasteiger partial charge in [-0.1, -0.05) is 12.1 Å². The van der Waals surface area contributed by atoms with Crippen LogP contribution in [0.5, 0.6) is 0 Å². The fourth-order valence-corrected chi connectivity index (χ4v) is 2.65. The first kappa shape index (κ1) is 14.3. The lowest BCUT2D eigenvalue weighted by atomic mass is 9.96. The number of anilines is 1. The van der Waals surface area contributed by atoms with Gasteiger partial charge in [0.05, 0.1) is 5.71 Å². The molecule has 0 unspecified atom stereocenters. The summed E-state index contributed by atoms with van der Waals surface area (Å²) in [5, 5.41) is 11.2. The molecule has 1 heterocycles. The molecule has 0 saturated heterocycles. The number of H-pyrrole nitrogens is 1. The number of rotatable bonds is 3. The number of carbonyl (C=O) groups is 1. The number of nitrogen functional groups attached to an aromatic ring is 1. The number of hydrogen-bond donors (Lipinski definition) is 3. The third-order valence-electron chi connectivity index (χ3n) is 3.93. The van der Waals surface area contributed by atoms with Crippen LogP contribution in [-0.4, -0.2) is 21.8 Å². The highest BCUT2D eigenvalue weighted by Gasteiger charge is 2.21. The highest BCUT2D eigenvalue weighted by atomic mass is 16.2. The second kappa shape index (κ2) is 6.01. The number of benzene rings is 1. The van der Waals surface area contributed by atoms with Gasteiger partial charge in [-0.3, -0.25) is 9.89 Å². The second-order valence-electron chi connectivity index (χ2n) is 5.50. The Balaban J connectivity index is 1.73. The van der Waals surface area contributed by atoms with Crippen LogP contribution in [0.25, 0.3) is 0 Å². The molecule has 2 aromatic rings. The second-order valence-corrected chi connectivity index (χ2v) is 5.50. The highest BCUT2D eigenvalue weighted by molar-refractivity contribution is 6.01. The van der Waals surface area contributed by atoms with E-state index in [9.17, 15) is 4.79 Å². The molecule has 0 saturated carbocycles. The number of aromatic amines is 1. The Morgan fingerprint density at radius 1 is 1.27 bits per heavy atom. The molecule has 1 aromatic heterocycles. The predicted molar refractivity (Wildman–Crippen MR) is 85.8 cm³/mol. The van der Waals surface area contributed by atoms with Gasteiger partial charge in [0, 0.05) is 16.9 Å². The molecule has 0 fully saturated rings. The van der Waals surface area contributed by atoms with E-state index in [1.165, 1.54) is 0 Å². The van der Waals surface area contributed by atoms with Crippen molar-refractivity contribution in [3.8, 4) is 0 Å². The van der Waals surface area contributed by atoms with Crippen molar-refractivity contribution < 1.29 is 4.79 Å². The van der Waals surface area contributed by atoms with Gasteiger partial charge in [-0.15, -0.1) is 0 Å². The first-order chi connectivity index (χ1) is 10.6. The number of aryl methyl sites for hydroxylation is 1. The maximum absolute atomic E-state index is 12.2. The Morgan fingerprint density at radius 2 is 2.00 bits per heavy atom. The fraction of sp³-hybridized carbons (Fsp3) is 0.312. The smallest absolute Gasteiger partial charge is 0.292 e. The quantitative estimate of drug-likeness (QED) is 0.459.